The van der Waals surface area contributed by atoms with Crippen molar-refractivity contribution in [2.24, 2.45) is 0 Å². The molecule has 652 valence electrons. The van der Waals surface area contributed by atoms with Crippen molar-refractivity contribution in [3.05, 3.63) is 414 Å². The van der Waals surface area contributed by atoms with Crippen LogP contribution in [-0.2, 0) is 63.9 Å². The van der Waals surface area contributed by atoms with Gasteiger partial charge in [0.15, 0.2) is 0 Å². The van der Waals surface area contributed by atoms with E-state index in [1.54, 1.807) is 86.2 Å². The summed E-state index contributed by atoms with van der Waals surface area (Å²) in [6.07, 6.45) is 4.86. The van der Waals surface area contributed by atoms with Gasteiger partial charge in [-0.25, -0.2) is 19.2 Å². The zero-order chi connectivity index (χ0) is 90.4. The largest absolute Gasteiger partial charge is 0.497 e. The van der Waals surface area contributed by atoms with Gasteiger partial charge in [-0.2, -0.15) is 0 Å². The minimum atomic E-state index is -0.544. The van der Waals surface area contributed by atoms with Crippen molar-refractivity contribution in [3.63, 3.8) is 0 Å². The summed E-state index contributed by atoms with van der Waals surface area (Å²) in [6.45, 7) is 0. The molecule has 0 atom stereocenters. The van der Waals surface area contributed by atoms with Crippen molar-refractivity contribution in [1.82, 2.24) is 0 Å². The second-order valence-corrected chi connectivity index (χ2v) is 29.6. The topological polar surface area (TPSA) is 228 Å². The molecule has 0 aliphatic rings. The van der Waals surface area contributed by atoms with E-state index in [4.69, 9.17) is 70.7 Å². The average Bonchev–Trinajstić information content (AvgIpc) is 0.765. The van der Waals surface area contributed by atoms with E-state index in [0.29, 0.717) is 69.6 Å². The highest BCUT2D eigenvalue weighted by atomic mass is 16.5. The highest BCUT2D eigenvalue weighted by Crippen LogP contribution is 2.35. The number of carbonyl (C=O) groups excluding carboxylic acids is 4. The molecule has 0 fully saturated rings. The molecule has 0 aliphatic carbocycles. The molecule has 0 unspecified atom stereocenters. The lowest BCUT2D eigenvalue weighted by molar-refractivity contribution is 0.0586. The molecule has 14 aromatic carbocycles. The van der Waals surface area contributed by atoms with Crippen LogP contribution in [0.15, 0.2) is 313 Å². The number of benzene rings is 14. The van der Waals surface area contributed by atoms with Gasteiger partial charge >= 0.3 is 23.9 Å². The van der Waals surface area contributed by atoms with Gasteiger partial charge in [-0.05, 0) is 293 Å². The van der Waals surface area contributed by atoms with Crippen LogP contribution in [0.3, 0.4) is 0 Å². The number of rotatable bonds is 30. The Labute approximate surface area is 744 Å². The van der Waals surface area contributed by atoms with E-state index in [2.05, 4.69) is 12.1 Å². The van der Waals surface area contributed by atoms with Crippen molar-refractivity contribution in [2.75, 3.05) is 85.3 Å². The van der Waals surface area contributed by atoms with Gasteiger partial charge in [0.1, 0.15) is 102 Å². The van der Waals surface area contributed by atoms with Crippen LogP contribution in [-0.4, -0.2) is 109 Å². The lowest BCUT2D eigenvalue weighted by Crippen LogP contribution is -2.08. The monoisotopic (exact) mass is 1720 g/mol. The second-order valence-electron chi connectivity index (χ2n) is 29.6. The smallest absolute Gasteiger partial charge is 0.341 e. The molecule has 20 heteroatoms. The van der Waals surface area contributed by atoms with Gasteiger partial charge in [-0.3, -0.25) is 4.79 Å². The van der Waals surface area contributed by atoms with Crippen LogP contribution in [0.4, 0.5) is 0 Å². The molecule has 1 heterocycles. The number of methoxy groups -OCH3 is 12. The molecule has 20 nitrogen and oxygen atoms in total. The average molecular weight is 1720 g/mol. The first-order valence-electron chi connectivity index (χ1n) is 41.0. The molecule has 1 aromatic heterocycles. The fourth-order valence-electron chi connectivity index (χ4n) is 14.2. The molecule has 128 heavy (non-hydrogen) atoms. The van der Waals surface area contributed by atoms with E-state index < -0.39 is 23.9 Å². The Kier molecular flexibility index (Phi) is 32.3. The van der Waals surface area contributed by atoms with Crippen LogP contribution >= 0.6 is 0 Å². The summed E-state index contributed by atoms with van der Waals surface area (Å²) in [5, 5.41) is 1.21. The van der Waals surface area contributed by atoms with Crippen molar-refractivity contribution in [2.45, 2.75) is 44.9 Å². The third-order valence-corrected chi connectivity index (χ3v) is 21.2. The summed E-state index contributed by atoms with van der Waals surface area (Å²) in [5.74, 6) is 5.91. The maximum Gasteiger partial charge on any atom is 0.341 e. The van der Waals surface area contributed by atoms with Crippen molar-refractivity contribution < 1.29 is 89.9 Å². The number of fused-ring (bicyclic) bond motifs is 2. The molecular weight excluding hydrogens is 1620 g/mol. The zero-order valence-electron chi connectivity index (χ0n) is 73.5. The number of ether oxygens (including phenoxy) is 14. The Hall–Kier alpha value is -15.6. The standard InChI is InChI=1S/C32H30O7.C30H28O5.C29H24O4.C17H18O4/c1-35-25-11-5-21(6-12-25)17-23-9-15-29(27(19-23)31(33)37-3)39-30-16-10-24(20-28(30)32(34)38-4)18-22-7-13-26(36-2)14-8-22;1-32-25-11-4-21(5-12-25)18-22-8-15-27(16-9-22)35-29-17-10-24(20-28(29)30(31)34-3)19-23-6-13-26(33-2)14-7-23;1-31-23-9-3-19(4-10-23)15-21-7-13-27-25(17-21)29(30)26-18-22(8-14-28(26)33-27)16-20-5-11-24(32-2)12-6-20;1-19-14-7-4-12(5-8-14)10-13-6-9-16(20-2)15(11-13)17(18)21-3/h5-16,19-20H,17-18H2,1-4H3;4-17,20H,18-19H2,1-3H3;3-14,17-18H,15-16H2,1-2H3;4-9,11H,10H2,1-3H3. The van der Waals surface area contributed by atoms with Gasteiger partial charge in [-0.1, -0.05) is 133 Å². The number of hydrogen-bond acceptors (Lipinski definition) is 20. The maximum atomic E-state index is 13.4. The maximum absolute atomic E-state index is 13.4. The Bertz CT molecular complexity index is 6090. The third-order valence-electron chi connectivity index (χ3n) is 21.2. The first-order valence-corrected chi connectivity index (χ1v) is 41.0. The quantitative estimate of drug-likeness (QED) is 0.0231. The molecule has 0 saturated carbocycles. The third kappa shape index (κ3) is 24.9. The lowest BCUT2D eigenvalue weighted by atomic mass is 10.0. The summed E-state index contributed by atoms with van der Waals surface area (Å²) in [4.78, 5) is 63.0. The highest BCUT2D eigenvalue weighted by Gasteiger charge is 2.23. The predicted molar refractivity (Wildman–Crippen MR) is 495 cm³/mol. The van der Waals surface area contributed by atoms with Crippen LogP contribution in [0.25, 0.3) is 21.9 Å². The molecule has 0 amide bonds. The molecule has 15 rings (SSSR count). The molecule has 15 aromatic rings. The van der Waals surface area contributed by atoms with Gasteiger partial charge in [0.05, 0.1) is 96.1 Å². The molecule has 0 bridgehead atoms. The fourth-order valence-corrected chi connectivity index (χ4v) is 14.2. The summed E-state index contributed by atoms with van der Waals surface area (Å²) >= 11 is 0. The summed E-state index contributed by atoms with van der Waals surface area (Å²) in [7, 11) is 18.4. The molecule has 0 radical (unpaired) electrons. The Morgan fingerprint density at radius 1 is 0.203 bits per heavy atom. The van der Waals surface area contributed by atoms with Crippen LogP contribution in [0.1, 0.15) is 119 Å². The van der Waals surface area contributed by atoms with E-state index in [9.17, 15) is 24.0 Å². The van der Waals surface area contributed by atoms with E-state index in [1.807, 2.05) is 255 Å². The normalized spacial score (nSPS) is 10.6. The van der Waals surface area contributed by atoms with Crippen LogP contribution in [0.5, 0.6) is 69.0 Å². The summed E-state index contributed by atoms with van der Waals surface area (Å²) in [6, 6.07) is 96.4. The van der Waals surface area contributed by atoms with E-state index in [-0.39, 0.29) is 28.1 Å². The minimum absolute atomic E-state index is 0.000545. The van der Waals surface area contributed by atoms with Crippen LogP contribution < -0.4 is 52.8 Å². The molecule has 0 spiro atoms. The first-order chi connectivity index (χ1) is 62.3. The van der Waals surface area contributed by atoms with Gasteiger partial charge in [0, 0.05) is 0 Å². The molecule has 0 saturated heterocycles. The summed E-state index contributed by atoms with van der Waals surface area (Å²) < 4.78 is 79.7. The lowest BCUT2D eigenvalue weighted by Gasteiger charge is -2.15. The number of hydrogen-bond donors (Lipinski definition) is 0. The Morgan fingerprint density at radius 2 is 0.391 bits per heavy atom. The molecule has 0 aliphatic heterocycles. The number of esters is 4. The minimum Gasteiger partial charge on any atom is -0.497 e. The van der Waals surface area contributed by atoms with Crippen molar-refractivity contribution >= 4 is 45.8 Å². The van der Waals surface area contributed by atoms with E-state index >= 15 is 0 Å². The van der Waals surface area contributed by atoms with Crippen molar-refractivity contribution in [3.8, 4) is 69.0 Å². The highest BCUT2D eigenvalue weighted by molar-refractivity contribution is 5.96. The zero-order valence-corrected chi connectivity index (χ0v) is 73.5. The Morgan fingerprint density at radius 3 is 0.617 bits per heavy atom. The van der Waals surface area contributed by atoms with Crippen molar-refractivity contribution in [1.29, 1.82) is 0 Å². The molecule has 0 N–H and O–H groups in total. The molecular formula is C108H100O20. The van der Waals surface area contributed by atoms with Gasteiger partial charge in [0.25, 0.3) is 0 Å². The Balaban J connectivity index is 0.000000158. The fraction of sp³-hybridized carbons (Fsp3) is 0.176. The van der Waals surface area contributed by atoms with E-state index in [0.717, 1.165) is 138 Å². The van der Waals surface area contributed by atoms with Gasteiger partial charge in [0.2, 0.25) is 5.43 Å². The summed E-state index contributed by atoms with van der Waals surface area (Å²) in [5.41, 5.74) is 17.5. The van der Waals surface area contributed by atoms with E-state index in [1.165, 1.54) is 41.1 Å². The predicted octanol–water partition coefficient (Wildman–Crippen LogP) is 21.9. The SMILES string of the molecule is COC(=O)c1cc(Cc2ccc(OC)cc2)ccc1OC.COC(=O)c1cc(Cc2ccc(OC)cc2)ccc1Oc1ccc(Cc2ccc(OC)cc2)cc1.COC(=O)c1cc(Cc2ccc(OC)cc2)ccc1Oc1ccc(Cc2ccc(OC)cc2)cc1C(=O)OC.COc1ccc(Cc2ccc3oc4ccc(Cc5ccc(OC)cc5)cc4c(=O)c3c2)cc1. The second kappa shape index (κ2) is 45.2. The van der Waals surface area contributed by atoms with Crippen LogP contribution in [0.2, 0.25) is 0 Å². The number of carbonyl (C=O) groups is 4. The van der Waals surface area contributed by atoms with Crippen LogP contribution in [0, 0.1) is 0 Å². The van der Waals surface area contributed by atoms with Gasteiger partial charge < -0.3 is 70.7 Å². The first kappa shape index (κ1) is 91.6. The van der Waals surface area contributed by atoms with Gasteiger partial charge in [-0.15, -0.1) is 0 Å².